The van der Waals surface area contributed by atoms with E-state index in [1.165, 1.54) is 0 Å². The fourth-order valence-electron chi connectivity index (χ4n) is 2.69. The number of para-hydroxylation sites is 1. The van der Waals surface area contributed by atoms with E-state index < -0.39 is 0 Å². The Bertz CT molecular complexity index is 635. The van der Waals surface area contributed by atoms with Gasteiger partial charge in [0.1, 0.15) is 5.82 Å². The minimum Gasteiger partial charge on any atom is -0.316 e. The van der Waals surface area contributed by atoms with Crippen LogP contribution in [0.2, 0.25) is 0 Å². The number of piperidine rings is 1. The molecule has 3 rings (SSSR count). The van der Waals surface area contributed by atoms with E-state index >= 15 is 0 Å². The van der Waals surface area contributed by atoms with Crippen LogP contribution in [0.1, 0.15) is 18.4 Å². The molecule has 0 bridgehead atoms. The standard InChI is InChI=1S/C16H20N4O.ClH/c1-12-5-2-3-7-14(12)20-15(8-10-18-20)19-16(21)13-6-4-9-17-11-13;/h2-3,5,7-8,10,13,17H,4,6,9,11H2,1H3,(H,19,21);1H. The molecular formula is C16H21ClN4O. The Balaban J connectivity index is 0.00000176. The number of carbonyl (C=O) groups excluding carboxylic acids is 1. The minimum atomic E-state index is 0. The third kappa shape index (κ3) is 3.48. The van der Waals surface area contributed by atoms with Gasteiger partial charge < -0.3 is 10.6 Å². The van der Waals surface area contributed by atoms with Crippen molar-refractivity contribution in [1.82, 2.24) is 15.1 Å². The maximum absolute atomic E-state index is 12.3. The summed E-state index contributed by atoms with van der Waals surface area (Å²) in [5.74, 6) is 0.830. The van der Waals surface area contributed by atoms with Gasteiger partial charge in [0.25, 0.3) is 0 Å². The molecule has 0 spiro atoms. The Morgan fingerprint density at radius 1 is 1.36 bits per heavy atom. The Morgan fingerprint density at radius 2 is 2.18 bits per heavy atom. The van der Waals surface area contributed by atoms with Crippen LogP contribution >= 0.6 is 12.4 Å². The molecule has 1 aliphatic heterocycles. The Morgan fingerprint density at radius 3 is 2.91 bits per heavy atom. The molecule has 0 saturated carbocycles. The number of hydrogen-bond donors (Lipinski definition) is 2. The third-order valence-corrected chi connectivity index (χ3v) is 3.91. The average molecular weight is 321 g/mol. The lowest BCUT2D eigenvalue weighted by Crippen LogP contribution is -2.37. The molecule has 1 atom stereocenters. The lowest BCUT2D eigenvalue weighted by atomic mass is 9.99. The van der Waals surface area contributed by atoms with Crippen LogP contribution in [0.5, 0.6) is 0 Å². The van der Waals surface area contributed by atoms with Crippen molar-refractivity contribution in [1.29, 1.82) is 0 Å². The average Bonchev–Trinajstić information content (AvgIpc) is 2.96. The van der Waals surface area contributed by atoms with E-state index in [0.717, 1.165) is 43.0 Å². The van der Waals surface area contributed by atoms with Gasteiger partial charge in [0.15, 0.2) is 0 Å². The van der Waals surface area contributed by atoms with E-state index in [9.17, 15) is 4.79 Å². The molecule has 1 aliphatic rings. The zero-order valence-corrected chi connectivity index (χ0v) is 13.4. The first-order valence-electron chi connectivity index (χ1n) is 7.37. The van der Waals surface area contributed by atoms with Crippen molar-refractivity contribution in [3.63, 3.8) is 0 Å². The fourth-order valence-corrected chi connectivity index (χ4v) is 2.69. The van der Waals surface area contributed by atoms with Crippen molar-refractivity contribution in [2.45, 2.75) is 19.8 Å². The van der Waals surface area contributed by atoms with Crippen LogP contribution in [-0.2, 0) is 4.79 Å². The van der Waals surface area contributed by atoms with Crippen LogP contribution in [0, 0.1) is 12.8 Å². The lowest BCUT2D eigenvalue weighted by molar-refractivity contribution is -0.120. The van der Waals surface area contributed by atoms with E-state index in [1.807, 2.05) is 37.3 Å². The highest BCUT2D eigenvalue weighted by Crippen LogP contribution is 2.19. The molecule has 2 aromatic rings. The molecule has 1 aromatic heterocycles. The van der Waals surface area contributed by atoms with Crippen molar-refractivity contribution in [3.05, 3.63) is 42.1 Å². The molecular weight excluding hydrogens is 300 g/mol. The summed E-state index contributed by atoms with van der Waals surface area (Å²) in [4.78, 5) is 12.3. The van der Waals surface area contributed by atoms with Crippen LogP contribution < -0.4 is 10.6 Å². The largest absolute Gasteiger partial charge is 0.316 e. The molecule has 1 unspecified atom stereocenters. The predicted molar refractivity (Wildman–Crippen MR) is 89.8 cm³/mol. The SMILES string of the molecule is Cc1ccccc1-n1nccc1NC(=O)C1CCCNC1.Cl. The molecule has 2 N–H and O–H groups in total. The summed E-state index contributed by atoms with van der Waals surface area (Å²) in [6.45, 7) is 3.79. The van der Waals surface area contributed by atoms with Gasteiger partial charge in [-0.25, -0.2) is 4.68 Å². The Kier molecular flexibility index (Phi) is 5.57. The second kappa shape index (κ2) is 7.42. The first kappa shape index (κ1) is 16.5. The molecule has 1 fully saturated rings. The maximum atomic E-state index is 12.3. The third-order valence-electron chi connectivity index (χ3n) is 3.91. The van der Waals surface area contributed by atoms with Gasteiger partial charge >= 0.3 is 0 Å². The number of nitrogens with zero attached hydrogens (tertiary/aromatic N) is 2. The molecule has 1 aromatic carbocycles. The van der Waals surface area contributed by atoms with Crippen LogP contribution in [0.25, 0.3) is 5.69 Å². The number of hydrogen-bond acceptors (Lipinski definition) is 3. The number of halogens is 1. The Hall–Kier alpha value is -1.85. The van der Waals surface area contributed by atoms with Crippen LogP contribution in [0.15, 0.2) is 36.5 Å². The molecule has 1 saturated heterocycles. The van der Waals surface area contributed by atoms with E-state index in [4.69, 9.17) is 0 Å². The number of aryl methyl sites for hydroxylation is 1. The summed E-state index contributed by atoms with van der Waals surface area (Å²) in [6.07, 6.45) is 3.70. The van der Waals surface area contributed by atoms with Gasteiger partial charge in [-0.1, -0.05) is 18.2 Å². The molecule has 0 aliphatic carbocycles. The van der Waals surface area contributed by atoms with Crippen molar-refractivity contribution >= 4 is 24.1 Å². The highest BCUT2D eigenvalue weighted by molar-refractivity contribution is 5.92. The summed E-state index contributed by atoms with van der Waals surface area (Å²) in [5, 5.41) is 10.6. The van der Waals surface area contributed by atoms with E-state index in [-0.39, 0.29) is 24.2 Å². The second-order valence-corrected chi connectivity index (χ2v) is 5.45. The summed E-state index contributed by atoms with van der Waals surface area (Å²) in [5.41, 5.74) is 2.11. The van der Waals surface area contributed by atoms with Crippen LogP contribution in [0.3, 0.4) is 0 Å². The molecule has 22 heavy (non-hydrogen) atoms. The second-order valence-electron chi connectivity index (χ2n) is 5.45. The molecule has 5 nitrogen and oxygen atoms in total. The van der Waals surface area contributed by atoms with Crippen molar-refractivity contribution in [2.75, 3.05) is 18.4 Å². The quantitative estimate of drug-likeness (QED) is 0.913. The van der Waals surface area contributed by atoms with Crippen molar-refractivity contribution < 1.29 is 4.79 Å². The maximum Gasteiger partial charge on any atom is 0.229 e. The summed E-state index contributed by atoms with van der Waals surface area (Å²) in [7, 11) is 0. The first-order valence-corrected chi connectivity index (χ1v) is 7.37. The number of rotatable bonds is 3. The monoisotopic (exact) mass is 320 g/mol. The topological polar surface area (TPSA) is 59.0 Å². The number of carbonyl (C=O) groups is 1. The predicted octanol–water partition coefficient (Wildman–Crippen LogP) is 2.54. The number of amides is 1. The van der Waals surface area contributed by atoms with Crippen LogP contribution in [-0.4, -0.2) is 28.8 Å². The van der Waals surface area contributed by atoms with Gasteiger partial charge in [-0.3, -0.25) is 4.79 Å². The molecule has 2 heterocycles. The number of aromatic nitrogens is 2. The number of benzene rings is 1. The summed E-state index contributed by atoms with van der Waals surface area (Å²) < 4.78 is 1.78. The minimum absolute atomic E-state index is 0. The van der Waals surface area contributed by atoms with Gasteiger partial charge in [-0.15, -0.1) is 12.4 Å². The normalized spacial score (nSPS) is 17.6. The summed E-state index contributed by atoms with van der Waals surface area (Å²) >= 11 is 0. The van der Waals surface area contributed by atoms with E-state index in [0.29, 0.717) is 0 Å². The zero-order chi connectivity index (χ0) is 14.7. The molecule has 6 heteroatoms. The van der Waals surface area contributed by atoms with Crippen molar-refractivity contribution in [2.24, 2.45) is 5.92 Å². The lowest BCUT2D eigenvalue weighted by Gasteiger charge is -2.22. The molecule has 118 valence electrons. The van der Waals surface area contributed by atoms with Gasteiger partial charge in [0, 0.05) is 12.6 Å². The van der Waals surface area contributed by atoms with Gasteiger partial charge in [0.05, 0.1) is 17.8 Å². The van der Waals surface area contributed by atoms with Gasteiger partial charge in [0.2, 0.25) is 5.91 Å². The number of nitrogens with one attached hydrogen (secondary N) is 2. The highest BCUT2D eigenvalue weighted by Gasteiger charge is 2.22. The van der Waals surface area contributed by atoms with Crippen molar-refractivity contribution in [3.8, 4) is 5.69 Å². The fraction of sp³-hybridized carbons (Fsp3) is 0.375. The summed E-state index contributed by atoms with van der Waals surface area (Å²) in [6, 6.07) is 9.84. The van der Waals surface area contributed by atoms with Crippen LogP contribution in [0.4, 0.5) is 5.82 Å². The molecule has 0 radical (unpaired) electrons. The van der Waals surface area contributed by atoms with Gasteiger partial charge in [-0.2, -0.15) is 5.10 Å². The smallest absolute Gasteiger partial charge is 0.229 e. The first-order chi connectivity index (χ1) is 10.3. The highest BCUT2D eigenvalue weighted by atomic mass is 35.5. The molecule has 1 amide bonds. The van der Waals surface area contributed by atoms with E-state index in [2.05, 4.69) is 15.7 Å². The zero-order valence-electron chi connectivity index (χ0n) is 12.6. The Labute approximate surface area is 136 Å². The van der Waals surface area contributed by atoms with E-state index in [1.54, 1.807) is 10.9 Å². The number of anilines is 1. The van der Waals surface area contributed by atoms with Gasteiger partial charge in [-0.05, 0) is 37.9 Å².